The lowest BCUT2D eigenvalue weighted by Crippen LogP contribution is -2.79. The van der Waals surface area contributed by atoms with Crippen LogP contribution in [0.15, 0.2) is 108 Å². The molecule has 0 saturated carbocycles. The normalized spacial score (nSPS) is 11.9. The maximum absolute atomic E-state index is 12.9. The third-order valence-corrected chi connectivity index (χ3v) is 7.13. The molecule has 2 amide bonds. The van der Waals surface area contributed by atoms with Gasteiger partial charge in [0.2, 0.25) is 13.1 Å². The number of methoxy groups -OCH3 is 3. The van der Waals surface area contributed by atoms with Crippen molar-refractivity contribution in [2.24, 2.45) is 0 Å². The molecule has 0 bridgehead atoms. The summed E-state index contributed by atoms with van der Waals surface area (Å²) in [5, 5.41) is 18.8. The maximum atomic E-state index is 12.9. The lowest BCUT2D eigenvalue weighted by molar-refractivity contribution is -0.624. The number of esters is 2. The first kappa shape index (κ1) is 55.2. The Morgan fingerprint density at radius 1 is 0.774 bits per heavy atom. The highest BCUT2D eigenvalue weighted by atomic mass is 16.6. The zero-order valence-corrected chi connectivity index (χ0v) is 37.6. The molecular weight excluding hydrogens is 801 g/mol. The molecule has 2 aromatic rings. The molecule has 2 aromatic carbocycles. The number of aliphatic hydroxyl groups excluding tert-OH is 1. The van der Waals surface area contributed by atoms with Crippen molar-refractivity contribution in [3.63, 3.8) is 0 Å². The van der Waals surface area contributed by atoms with Crippen LogP contribution in [0.1, 0.15) is 66.5 Å². The zero-order valence-electron chi connectivity index (χ0n) is 37.6. The predicted octanol–water partition coefficient (Wildman–Crippen LogP) is 5.16. The Hall–Kier alpha value is -6.75. The van der Waals surface area contributed by atoms with Crippen molar-refractivity contribution < 1.29 is 68.1 Å². The molecule has 16 nitrogen and oxygen atoms in total. The van der Waals surface area contributed by atoms with Gasteiger partial charge >= 0.3 is 18.0 Å². The smallest absolute Gasteiger partial charge is 0.411 e. The van der Waals surface area contributed by atoms with Crippen LogP contribution in [0.25, 0.3) is 12.2 Å². The predicted molar refractivity (Wildman–Crippen MR) is 238 cm³/mol. The summed E-state index contributed by atoms with van der Waals surface area (Å²) in [6, 6.07) is 9.77. The molecule has 338 valence electrons. The van der Waals surface area contributed by atoms with Gasteiger partial charge in [-0.05, 0) is 107 Å². The van der Waals surface area contributed by atoms with E-state index in [0.29, 0.717) is 35.6 Å². The van der Waals surface area contributed by atoms with Crippen molar-refractivity contribution in [2.75, 3.05) is 34.8 Å². The Morgan fingerprint density at radius 2 is 1.35 bits per heavy atom. The van der Waals surface area contributed by atoms with E-state index in [1.807, 2.05) is 41.5 Å². The van der Waals surface area contributed by atoms with E-state index in [4.69, 9.17) is 28.4 Å². The summed E-state index contributed by atoms with van der Waals surface area (Å²) < 4.78 is 31.8. The van der Waals surface area contributed by atoms with Crippen molar-refractivity contribution in [1.82, 2.24) is 10.6 Å². The van der Waals surface area contributed by atoms with Crippen LogP contribution in [0.4, 0.5) is 4.79 Å². The van der Waals surface area contributed by atoms with E-state index in [9.17, 15) is 29.1 Å². The van der Waals surface area contributed by atoms with Gasteiger partial charge < -0.3 is 44.2 Å². The molecule has 0 aromatic heterocycles. The fourth-order valence-corrected chi connectivity index (χ4v) is 4.27. The average molecular weight is 865 g/mol. The number of ether oxygens (including phenoxy) is 6. The number of ketones is 1. The fraction of sp³-hybridized carbons (Fsp3) is 0.326. The molecule has 0 spiro atoms. The number of nitrogens with one attached hydrogen (secondary N) is 2. The van der Waals surface area contributed by atoms with E-state index in [1.54, 1.807) is 93.2 Å². The minimum Gasteiger partial charge on any atom is -0.508 e. The number of quaternary nitrogens is 2. The van der Waals surface area contributed by atoms with Gasteiger partial charge in [0, 0.05) is 30.8 Å². The van der Waals surface area contributed by atoms with Gasteiger partial charge in [-0.3, -0.25) is 20.2 Å². The molecule has 0 heterocycles. The lowest BCUT2D eigenvalue weighted by atomic mass is 10.1. The molecule has 0 saturated heterocycles. The number of aliphatic hydroxyl groups is 1. The van der Waals surface area contributed by atoms with Gasteiger partial charge in [0.1, 0.15) is 17.5 Å². The van der Waals surface area contributed by atoms with Crippen molar-refractivity contribution in [1.29, 1.82) is 0 Å². The SMILES string of the molecule is C/C=C\C(=C/[NH2+]COC(=O)NC(C)C)C(=O)Oc1ccc(/C=C/C(=O)/C=C(O)/C=C/c2ccc(OC(=O)/C(C)=C/C=C\[NH2+]COC)c(OC)c2)cc1OC.CC.CC(C)NC=O. The van der Waals surface area contributed by atoms with Crippen LogP contribution in [-0.4, -0.2) is 82.2 Å². The molecule has 0 radical (unpaired) electrons. The van der Waals surface area contributed by atoms with E-state index in [2.05, 4.69) is 10.6 Å². The first-order valence-corrected chi connectivity index (χ1v) is 19.7. The molecule has 0 aliphatic heterocycles. The molecule has 16 heteroatoms. The number of hydrogen-bond donors (Lipinski definition) is 5. The summed E-state index contributed by atoms with van der Waals surface area (Å²) in [6.07, 6.45) is 16.6. The first-order chi connectivity index (χ1) is 29.7. The zero-order chi connectivity index (χ0) is 46.9. The van der Waals surface area contributed by atoms with E-state index >= 15 is 0 Å². The summed E-state index contributed by atoms with van der Waals surface area (Å²) in [5.74, 6) is -1.12. The molecule has 0 atom stereocenters. The Bertz CT molecular complexity index is 1940. The number of hydrogen-bond acceptors (Lipinski definition) is 12. The molecule has 62 heavy (non-hydrogen) atoms. The highest BCUT2D eigenvalue weighted by Crippen LogP contribution is 2.30. The number of carbonyl (C=O) groups excluding carboxylic acids is 5. The standard InChI is InChI=1S/C40H47N3O11.C4H9NO.C2H6/c1-8-10-31(24-42-26-52-40(48)43-27(2)3)39(47)54-35-19-15-30(22-37(35)51-7)13-17-33(45)23-32(44)16-12-29-14-18-34(36(21-29)50-6)53-38(46)28(4)11-9-20-41-25-49-5;1-4(2)5-3-6;1-2/h8-24,27,41-42,44H,25-26H2,1-7H3,(H,43,48);3-4H,1-2H3,(H,5,6);1-2H3/p+2/b10-8-,16-12+,17-13+,20-9-,28-11+,31-24+,32-23-;;. The summed E-state index contributed by atoms with van der Waals surface area (Å²) in [5.41, 5.74) is 1.76. The van der Waals surface area contributed by atoms with Gasteiger partial charge in [-0.25, -0.2) is 14.4 Å². The first-order valence-electron chi connectivity index (χ1n) is 19.7. The Kier molecular flexibility index (Phi) is 29.4. The van der Waals surface area contributed by atoms with Crippen molar-refractivity contribution in [3.8, 4) is 23.0 Å². The second-order valence-electron chi connectivity index (χ2n) is 12.9. The second kappa shape index (κ2) is 33.0. The van der Waals surface area contributed by atoms with E-state index in [-0.39, 0.29) is 47.4 Å². The Morgan fingerprint density at radius 3 is 1.85 bits per heavy atom. The molecule has 0 fully saturated rings. The maximum Gasteiger partial charge on any atom is 0.411 e. The quantitative estimate of drug-likeness (QED) is 0.0152. The fourth-order valence-electron chi connectivity index (χ4n) is 4.27. The lowest BCUT2D eigenvalue weighted by Gasteiger charge is -2.10. The van der Waals surface area contributed by atoms with Gasteiger partial charge in [-0.15, -0.1) is 0 Å². The van der Waals surface area contributed by atoms with Crippen LogP contribution in [0, 0.1) is 0 Å². The van der Waals surface area contributed by atoms with E-state index in [0.717, 1.165) is 6.08 Å². The average Bonchev–Trinajstić information content (AvgIpc) is 3.24. The largest absolute Gasteiger partial charge is 0.508 e. The third kappa shape index (κ3) is 24.4. The van der Waals surface area contributed by atoms with Crippen LogP contribution in [-0.2, 0) is 28.7 Å². The number of allylic oxidation sites excluding steroid dienone is 6. The highest BCUT2D eigenvalue weighted by molar-refractivity contribution is 6.02. The topological polar surface area (TPSA) is 218 Å². The highest BCUT2D eigenvalue weighted by Gasteiger charge is 2.16. The Labute approximate surface area is 365 Å². The second-order valence-corrected chi connectivity index (χ2v) is 12.9. The van der Waals surface area contributed by atoms with Gasteiger partial charge in [0.05, 0.1) is 20.4 Å². The number of amides is 2. The molecule has 0 aliphatic carbocycles. The van der Waals surface area contributed by atoms with E-state index in [1.165, 1.54) is 50.0 Å². The minimum atomic E-state index is -0.667. The summed E-state index contributed by atoms with van der Waals surface area (Å²) >= 11 is 0. The third-order valence-electron chi connectivity index (χ3n) is 7.13. The van der Waals surface area contributed by atoms with Gasteiger partial charge in [0.15, 0.2) is 35.5 Å². The summed E-state index contributed by atoms with van der Waals surface area (Å²) in [7, 11) is 4.43. The van der Waals surface area contributed by atoms with Gasteiger partial charge in [-0.2, -0.15) is 0 Å². The monoisotopic (exact) mass is 864 g/mol. The van der Waals surface area contributed by atoms with Crippen LogP contribution < -0.4 is 40.2 Å². The van der Waals surface area contributed by atoms with Crippen molar-refractivity contribution >= 4 is 42.4 Å². The van der Waals surface area contributed by atoms with Gasteiger partial charge in [0.25, 0.3) is 0 Å². The van der Waals surface area contributed by atoms with Crippen molar-refractivity contribution in [3.05, 3.63) is 119 Å². The number of alkyl carbamates (subject to hydrolysis) is 1. The van der Waals surface area contributed by atoms with Crippen LogP contribution >= 0.6 is 0 Å². The van der Waals surface area contributed by atoms with Crippen molar-refractivity contribution in [2.45, 2.75) is 67.5 Å². The number of nitrogens with two attached hydrogens (primary N) is 2. The van der Waals surface area contributed by atoms with Gasteiger partial charge in [-0.1, -0.05) is 44.2 Å². The van der Waals surface area contributed by atoms with Crippen LogP contribution in [0.2, 0.25) is 0 Å². The molecular formula is C46H64N4O12+2. The van der Waals surface area contributed by atoms with Crippen LogP contribution in [0.3, 0.4) is 0 Å². The summed E-state index contributed by atoms with van der Waals surface area (Å²) in [4.78, 5) is 59.1. The molecule has 0 aliphatic rings. The molecule has 7 N–H and O–H groups in total. The summed E-state index contributed by atoms with van der Waals surface area (Å²) in [6.45, 7) is 15.2. The number of carbonyl (C=O) groups is 5. The number of benzene rings is 2. The van der Waals surface area contributed by atoms with E-state index < -0.39 is 23.8 Å². The Balaban J connectivity index is 0.00000426. The van der Waals surface area contributed by atoms with Crippen LogP contribution in [0.5, 0.6) is 23.0 Å². The number of rotatable bonds is 22. The molecule has 2 rings (SSSR count). The minimum absolute atomic E-state index is 0.0463. The molecule has 0 unspecified atom stereocenters.